The van der Waals surface area contributed by atoms with Crippen molar-refractivity contribution in [2.45, 2.75) is 24.3 Å². The number of aromatic nitrogens is 1. The number of hydrogen-bond acceptors (Lipinski definition) is 4. The third kappa shape index (κ3) is 3.64. The molecule has 28 heavy (non-hydrogen) atoms. The monoisotopic (exact) mass is 396 g/mol. The standard InChI is InChI=1S/C21H17ClN2O4/c22-16-3-1-2-15(8-16)13-4-6-14(7-5-13)17-9-21(17,10-19(25)26)24-20(27)18-11-23-12-28-18/h1-8,11-12,17H,9-10H2,(H,24,27)(H,25,26)/t17-,21?/m0/s1. The fraction of sp³-hybridized carbons (Fsp3) is 0.190. The number of carbonyl (C=O) groups excluding carboxylic acids is 1. The van der Waals surface area contributed by atoms with Gasteiger partial charge in [-0.1, -0.05) is 48.0 Å². The van der Waals surface area contributed by atoms with Gasteiger partial charge in [0.2, 0.25) is 5.76 Å². The highest BCUT2D eigenvalue weighted by Gasteiger charge is 2.57. The van der Waals surface area contributed by atoms with Crippen LogP contribution in [0.3, 0.4) is 0 Å². The number of aliphatic carboxylic acids is 1. The first-order valence-electron chi connectivity index (χ1n) is 8.75. The van der Waals surface area contributed by atoms with Gasteiger partial charge in [-0.3, -0.25) is 9.59 Å². The van der Waals surface area contributed by atoms with Crippen molar-refractivity contribution in [3.05, 3.63) is 77.5 Å². The molecule has 1 fully saturated rings. The minimum Gasteiger partial charge on any atom is -0.481 e. The Kier molecular flexibility index (Phi) is 4.65. The lowest BCUT2D eigenvalue weighted by molar-refractivity contribution is -0.137. The zero-order valence-electron chi connectivity index (χ0n) is 14.8. The summed E-state index contributed by atoms with van der Waals surface area (Å²) < 4.78 is 5.01. The Morgan fingerprint density at radius 1 is 1.21 bits per heavy atom. The normalized spacial score (nSPS) is 20.5. The Morgan fingerprint density at radius 3 is 2.64 bits per heavy atom. The smallest absolute Gasteiger partial charge is 0.305 e. The van der Waals surface area contributed by atoms with Crippen LogP contribution in [-0.2, 0) is 4.79 Å². The first kappa shape index (κ1) is 18.3. The van der Waals surface area contributed by atoms with Crippen LogP contribution in [0.15, 0.2) is 65.5 Å². The molecule has 4 rings (SSSR count). The van der Waals surface area contributed by atoms with Gasteiger partial charge in [-0.25, -0.2) is 4.98 Å². The molecule has 1 aliphatic carbocycles. The average molecular weight is 397 g/mol. The third-order valence-corrected chi connectivity index (χ3v) is 5.27. The van der Waals surface area contributed by atoms with E-state index < -0.39 is 17.4 Å². The molecule has 1 saturated carbocycles. The lowest BCUT2D eigenvalue weighted by Gasteiger charge is -2.17. The summed E-state index contributed by atoms with van der Waals surface area (Å²) in [4.78, 5) is 27.4. The molecular formula is C21H17ClN2O4. The zero-order chi connectivity index (χ0) is 19.7. The van der Waals surface area contributed by atoms with Crippen molar-refractivity contribution in [1.82, 2.24) is 10.3 Å². The molecule has 7 heteroatoms. The fourth-order valence-electron chi connectivity index (χ4n) is 3.58. The van der Waals surface area contributed by atoms with Crippen molar-refractivity contribution in [1.29, 1.82) is 0 Å². The van der Waals surface area contributed by atoms with Gasteiger partial charge in [0.25, 0.3) is 5.91 Å². The number of hydrogen-bond donors (Lipinski definition) is 2. The summed E-state index contributed by atoms with van der Waals surface area (Å²) in [7, 11) is 0. The summed E-state index contributed by atoms with van der Waals surface area (Å²) in [6.45, 7) is 0. The third-order valence-electron chi connectivity index (χ3n) is 5.03. The first-order valence-corrected chi connectivity index (χ1v) is 9.13. The first-order chi connectivity index (χ1) is 13.5. The molecule has 142 valence electrons. The number of nitrogens with one attached hydrogen (secondary N) is 1. The van der Waals surface area contributed by atoms with Crippen LogP contribution < -0.4 is 5.32 Å². The second-order valence-corrected chi connectivity index (χ2v) is 7.37. The van der Waals surface area contributed by atoms with E-state index in [-0.39, 0.29) is 18.1 Å². The van der Waals surface area contributed by atoms with Crippen molar-refractivity contribution in [2.24, 2.45) is 0 Å². The Morgan fingerprint density at radius 2 is 2.00 bits per heavy atom. The predicted molar refractivity (Wildman–Crippen MR) is 103 cm³/mol. The Balaban J connectivity index is 1.54. The van der Waals surface area contributed by atoms with Crippen LogP contribution in [0.25, 0.3) is 11.1 Å². The highest BCUT2D eigenvalue weighted by molar-refractivity contribution is 6.30. The molecular weight excluding hydrogens is 380 g/mol. The molecule has 1 heterocycles. The minimum absolute atomic E-state index is 0.0618. The van der Waals surface area contributed by atoms with E-state index in [1.54, 1.807) is 0 Å². The summed E-state index contributed by atoms with van der Waals surface area (Å²) in [6.07, 6.45) is 2.86. The van der Waals surface area contributed by atoms with Crippen molar-refractivity contribution in [3.8, 4) is 11.1 Å². The second kappa shape index (κ2) is 7.13. The van der Waals surface area contributed by atoms with Crippen molar-refractivity contribution >= 4 is 23.5 Å². The number of nitrogens with zero attached hydrogens (tertiary/aromatic N) is 1. The highest BCUT2D eigenvalue weighted by Crippen LogP contribution is 2.54. The van der Waals surface area contributed by atoms with Gasteiger partial charge >= 0.3 is 5.97 Å². The molecule has 1 aromatic heterocycles. The number of rotatable bonds is 6. The van der Waals surface area contributed by atoms with Crippen molar-refractivity contribution < 1.29 is 19.1 Å². The Labute approximate surface area is 166 Å². The Hall–Kier alpha value is -3.12. The summed E-state index contributed by atoms with van der Waals surface area (Å²) in [5, 5.41) is 12.8. The summed E-state index contributed by atoms with van der Waals surface area (Å²) >= 11 is 6.06. The predicted octanol–water partition coefficient (Wildman–Crippen LogP) is 4.13. The number of carbonyl (C=O) groups is 2. The maximum Gasteiger partial charge on any atom is 0.305 e. The van der Waals surface area contributed by atoms with Gasteiger partial charge in [-0.15, -0.1) is 0 Å². The maximum atomic E-state index is 12.3. The molecule has 2 atom stereocenters. The van der Waals surface area contributed by atoms with Gasteiger partial charge < -0.3 is 14.8 Å². The lowest BCUT2D eigenvalue weighted by atomic mass is 9.99. The van der Waals surface area contributed by atoms with Crippen LogP contribution in [-0.4, -0.2) is 27.5 Å². The summed E-state index contributed by atoms with van der Waals surface area (Å²) in [5.41, 5.74) is 2.17. The van der Waals surface area contributed by atoms with Crippen LogP contribution >= 0.6 is 11.6 Å². The molecule has 1 amide bonds. The minimum atomic E-state index is -0.962. The molecule has 3 aromatic rings. The van der Waals surface area contributed by atoms with Gasteiger partial charge in [-0.05, 0) is 35.2 Å². The van der Waals surface area contributed by atoms with E-state index in [4.69, 9.17) is 16.0 Å². The van der Waals surface area contributed by atoms with Gasteiger partial charge in [-0.2, -0.15) is 0 Å². The number of benzene rings is 2. The van der Waals surface area contributed by atoms with E-state index in [2.05, 4.69) is 10.3 Å². The van der Waals surface area contributed by atoms with E-state index in [9.17, 15) is 14.7 Å². The van der Waals surface area contributed by atoms with E-state index >= 15 is 0 Å². The number of halogens is 1. The van der Waals surface area contributed by atoms with Crippen LogP contribution in [0.2, 0.25) is 5.02 Å². The lowest BCUT2D eigenvalue weighted by Crippen LogP contribution is -2.39. The van der Waals surface area contributed by atoms with E-state index in [1.165, 1.54) is 6.20 Å². The quantitative estimate of drug-likeness (QED) is 0.653. The average Bonchev–Trinajstić information content (AvgIpc) is 3.09. The topological polar surface area (TPSA) is 92.4 Å². The molecule has 0 radical (unpaired) electrons. The maximum absolute atomic E-state index is 12.3. The summed E-state index contributed by atoms with van der Waals surface area (Å²) in [6, 6.07) is 15.5. The molecule has 0 aliphatic heterocycles. The molecule has 0 spiro atoms. The zero-order valence-corrected chi connectivity index (χ0v) is 15.5. The van der Waals surface area contributed by atoms with Gasteiger partial charge in [0.05, 0.1) is 18.2 Å². The number of carboxylic acids is 1. The SMILES string of the molecule is O=C(O)CC1(NC(=O)c2cnco2)C[C@H]1c1ccc(-c2cccc(Cl)c2)cc1. The number of carboxylic acid groups (broad SMARTS) is 1. The van der Waals surface area contributed by atoms with Crippen LogP contribution in [0.1, 0.15) is 34.9 Å². The van der Waals surface area contributed by atoms with Crippen LogP contribution in [0.4, 0.5) is 0 Å². The number of amides is 1. The molecule has 0 bridgehead atoms. The second-order valence-electron chi connectivity index (χ2n) is 6.94. The molecule has 1 aliphatic rings. The molecule has 2 aromatic carbocycles. The van der Waals surface area contributed by atoms with E-state index in [1.807, 2.05) is 48.5 Å². The molecule has 6 nitrogen and oxygen atoms in total. The molecule has 1 unspecified atom stereocenters. The number of oxazole rings is 1. The largest absolute Gasteiger partial charge is 0.481 e. The summed E-state index contributed by atoms with van der Waals surface area (Å²) in [5.74, 6) is -1.44. The van der Waals surface area contributed by atoms with Crippen molar-refractivity contribution in [2.75, 3.05) is 0 Å². The van der Waals surface area contributed by atoms with Gasteiger partial charge in [0.15, 0.2) is 6.39 Å². The van der Waals surface area contributed by atoms with Crippen LogP contribution in [0.5, 0.6) is 0 Å². The molecule has 2 N–H and O–H groups in total. The van der Waals surface area contributed by atoms with E-state index in [0.717, 1.165) is 23.1 Å². The van der Waals surface area contributed by atoms with Crippen LogP contribution in [0, 0.1) is 0 Å². The van der Waals surface area contributed by atoms with Crippen molar-refractivity contribution in [3.63, 3.8) is 0 Å². The highest BCUT2D eigenvalue weighted by atomic mass is 35.5. The Bertz CT molecular complexity index is 1020. The van der Waals surface area contributed by atoms with Gasteiger partial charge in [0.1, 0.15) is 0 Å². The fourth-order valence-corrected chi connectivity index (χ4v) is 3.77. The van der Waals surface area contributed by atoms with Gasteiger partial charge in [0, 0.05) is 10.9 Å². The molecule has 0 saturated heterocycles. The van der Waals surface area contributed by atoms with E-state index in [0.29, 0.717) is 11.4 Å².